The summed E-state index contributed by atoms with van der Waals surface area (Å²) in [4.78, 5) is 0. The summed E-state index contributed by atoms with van der Waals surface area (Å²) in [5.74, 6) is 0.476. The van der Waals surface area contributed by atoms with E-state index in [1.807, 2.05) is 0 Å². The zero-order valence-electron chi connectivity index (χ0n) is 10.1. The average molecular weight is 238 g/mol. The minimum Gasteiger partial charge on any atom is -0.496 e. The molecule has 0 aliphatic heterocycles. The Morgan fingerprint density at radius 2 is 2.29 bits per heavy atom. The van der Waals surface area contributed by atoms with Gasteiger partial charge in [-0.1, -0.05) is 6.42 Å². The lowest BCUT2D eigenvalue weighted by atomic mass is 10.1. The van der Waals surface area contributed by atoms with Gasteiger partial charge in [-0.2, -0.15) is 0 Å². The molecule has 0 heterocycles. The molecule has 1 aromatic carbocycles. The molecule has 0 bridgehead atoms. The largest absolute Gasteiger partial charge is 0.496 e. The Morgan fingerprint density at radius 3 is 2.94 bits per heavy atom. The van der Waals surface area contributed by atoms with Crippen LogP contribution in [0.2, 0.25) is 0 Å². The number of nitrogens with two attached hydrogens (primary N) is 1. The molecule has 2 rings (SSSR count). The molecule has 1 aliphatic carbocycles. The van der Waals surface area contributed by atoms with Crippen molar-refractivity contribution in [2.45, 2.75) is 37.9 Å². The van der Waals surface area contributed by atoms with Gasteiger partial charge in [0.25, 0.3) is 0 Å². The third-order valence-corrected chi connectivity index (χ3v) is 3.37. The average Bonchev–Trinajstić information content (AvgIpc) is 2.72. The van der Waals surface area contributed by atoms with Gasteiger partial charge in [-0.05, 0) is 31.0 Å². The number of methoxy groups -OCH3 is 1. The summed E-state index contributed by atoms with van der Waals surface area (Å²) in [7, 11) is 1.60. The normalized spacial score (nSPS) is 23.9. The molecule has 1 fully saturated rings. The zero-order chi connectivity index (χ0) is 12.3. The quantitative estimate of drug-likeness (QED) is 0.841. The molecule has 4 heteroatoms. The number of ether oxygens (including phenoxy) is 1. The number of nitrogens with one attached hydrogen (secondary N) is 1. The Hall–Kier alpha value is -1.13. The van der Waals surface area contributed by atoms with Crippen LogP contribution in [0.25, 0.3) is 0 Å². The van der Waals surface area contributed by atoms with Gasteiger partial charge in [0.2, 0.25) is 0 Å². The fourth-order valence-electron chi connectivity index (χ4n) is 2.37. The molecule has 0 spiro atoms. The molecule has 0 amide bonds. The van der Waals surface area contributed by atoms with Crippen molar-refractivity contribution < 1.29 is 9.13 Å². The molecule has 0 aromatic heterocycles. The second-order valence-corrected chi connectivity index (χ2v) is 4.54. The van der Waals surface area contributed by atoms with E-state index in [4.69, 9.17) is 10.5 Å². The molecule has 94 valence electrons. The Morgan fingerprint density at radius 1 is 1.47 bits per heavy atom. The van der Waals surface area contributed by atoms with E-state index in [0.29, 0.717) is 18.3 Å². The maximum Gasteiger partial charge on any atom is 0.123 e. The van der Waals surface area contributed by atoms with Crippen molar-refractivity contribution in [3.63, 3.8) is 0 Å². The summed E-state index contributed by atoms with van der Waals surface area (Å²) in [6.45, 7) is 0.597. The molecule has 2 unspecified atom stereocenters. The van der Waals surface area contributed by atoms with E-state index in [1.54, 1.807) is 13.2 Å². The molecule has 2 atom stereocenters. The maximum absolute atomic E-state index is 13.2. The van der Waals surface area contributed by atoms with Crippen LogP contribution in [0.1, 0.15) is 24.8 Å². The molecule has 0 saturated heterocycles. The van der Waals surface area contributed by atoms with Gasteiger partial charge in [0, 0.05) is 24.2 Å². The molecule has 3 nitrogen and oxygen atoms in total. The second-order valence-electron chi connectivity index (χ2n) is 4.54. The fraction of sp³-hybridized carbons (Fsp3) is 0.538. The molecule has 1 saturated carbocycles. The van der Waals surface area contributed by atoms with Gasteiger partial charge >= 0.3 is 0 Å². The van der Waals surface area contributed by atoms with Crippen LogP contribution in [0.3, 0.4) is 0 Å². The van der Waals surface area contributed by atoms with E-state index in [0.717, 1.165) is 18.4 Å². The van der Waals surface area contributed by atoms with Crippen LogP contribution in [-0.2, 0) is 6.54 Å². The van der Waals surface area contributed by atoms with Gasteiger partial charge in [-0.25, -0.2) is 4.39 Å². The van der Waals surface area contributed by atoms with Crippen LogP contribution >= 0.6 is 0 Å². The lowest BCUT2D eigenvalue weighted by molar-refractivity contribution is 0.401. The van der Waals surface area contributed by atoms with Crippen molar-refractivity contribution in [2.75, 3.05) is 7.11 Å². The summed E-state index contributed by atoms with van der Waals surface area (Å²) in [6.07, 6.45) is 3.33. The van der Waals surface area contributed by atoms with Gasteiger partial charge in [0.15, 0.2) is 0 Å². The van der Waals surface area contributed by atoms with Gasteiger partial charge in [-0.15, -0.1) is 0 Å². The third-order valence-electron chi connectivity index (χ3n) is 3.37. The highest BCUT2D eigenvalue weighted by Crippen LogP contribution is 2.21. The summed E-state index contributed by atoms with van der Waals surface area (Å²) in [5.41, 5.74) is 6.82. The van der Waals surface area contributed by atoms with Crippen molar-refractivity contribution in [1.29, 1.82) is 0 Å². The molecule has 1 aliphatic rings. The Balaban J connectivity index is 2.00. The number of benzene rings is 1. The lowest BCUT2D eigenvalue weighted by Crippen LogP contribution is -2.40. The highest BCUT2D eigenvalue weighted by atomic mass is 19.1. The topological polar surface area (TPSA) is 47.3 Å². The number of halogens is 1. The van der Waals surface area contributed by atoms with Crippen LogP contribution < -0.4 is 15.8 Å². The fourth-order valence-corrected chi connectivity index (χ4v) is 2.37. The first-order valence-corrected chi connectivity index (χ1v) is 6.02. The Kier molecular flexibility index (Phi) is 3.97. The summed E-state index contributed by atoms with van der Waals surface area (Å²) in [5, 5.41) is 3.38. The molecule has 0 radical (unpaired) electrons. The van der Waals surface area contributed by atoms with Gasteiger partial charge in [-0.3, -0.25) is 0 Å². The van der Waals surface area contributed by atoms with E-state index in [2.05, 4.69) is 5.32 Å². The van der Waals surface area contributed by atoms with Crippen molar-refractivity contribution in [3.05, 3.63) is 29.6 Å². The van der Waals surface area contributed by atoms with Crippen molar-refractivity contribution in [3.8, 4) is 5.75 Å². The highest BCUT2D eigenvalue weighted by Gasteiger charge is 2.23. The minimum atomic E-state index is -0.238. The van der Waals surface area contributed by atoms with E-state index in [-0.39, 0.29) is 11.9 Å². The first kappa shape index (κ1) is 12.3. The third kappa shape index (κ3) is 2.96. The smallest absolute Gasteiger partial charge is 0.123 e. The van der Waals surface area contributed by atoms with Crippen LogP contribution in [0.5, 0.6) is 5.75 Å². The van der Waals surface area contributed by atoms with Gasteiger partial charge in [0.1, 0.15) is 11.6 Å². The predicted octanol–water partition coefficient (Wildman–Crippen LogP) is 1.80. The first-order chi connectivity index (χ1) is 8.20. The standard InChI is InChI=1S/C13H19FN2O/c1-17-13-6-5-10(14)7-9(13)8-16-12-4-2-3-11(12)15/h5-7,11-12,16H,2-4,8,15H2,1H3. The molecule has 3 N–H and O–H groups in total. The summed E-state index contributed by atoms with van der Waals surface area (Å²) >= 11 is 0. The van der Waals surface area contributed by atoms with Crippen LogP contribution in [-0.4, -0.2) is 19.2 Å². The zero-order valence-corrected chi connectivity index (χ0v) is 10.1. The van der Waals surface area contributed by atoms with Crippen molar-refractivity contribution >= 4 is 0 Å². The molecular weight excluding hydrogens is 219 g/mol. The second kappa shape index (κ2) is 5.47. The van der Waals surface area contributed by atoms with Crippen LogP contribution in [0, 0.1) is 5.82 Å². The SMILES string of the molecule is COc1ccc(F)cc1CNC1CCCC1N. The van der Waals surface area contributed by atoms with Crippen LogP contribution in [0.4, 0.5) is 4.39 Å². The summed E-state index contributed by atoms with van der Waals surface area (Å²) in [6, 6.07) is 5.12. The van der Waals surface area contributed by atoms with Gasteiger partial charge < -0.3 is 15.8 Å². The van der Waals surface area contributed by atoms with Crippen molar-refractivity contribution in [1.82, 2.24) is 5.32 Å². The molecular formula is C13H19FN2O. The number of hydrogen-bond acceptors (Lipinski definition) is 3. The van der Waals surface area contributed by atoms with E-state index in [1.165, 1.54) is 18.6 Å². The number of hydrogen-bond donors (Lipinski definition) is 2. The monoisotopic (exact) mass is 238 g/mol. The molecule has 17 heavy (non-hydrogen) atoms. The minimum absolute atomic E-state index is 0.217. The Bertz CT molecular complexity index is 384. The van der Waals surface area contributed by atoms with E-state index >= 15 is 0 Å². The van der Waals surface area contributed by atoms with Gasteiger partial charge in [0.05, 0.1) is 7.11 Å². The van der Waals surface area contributed by atoms with E-state index in [9.17, 15) is 4.39 Å². The predicted molar refractivity (Wildman–Crippen MR) is 65.4 cm³/mol. The number of rotatable bonds is 4. The van der Waals surface area contributed by atoms with Crippen molar-refractivity contribution in [2.24, 2.45) is 5.73 Å². The molecule has 1 aromatic rings. The highest BCUT2D eigenvalue weighted by molar-refractivity contribution is 5.33. The summed E-state index contributed by atoms with van der Waals surface area (Å²) < 4.78 is 18.4. The Labute approximate surface area is 101 Å². The van der Waals surface area contributed by atoms with E-state index < -0.39 is 0 Å². The first-order valence-electron chi connectivity index (χ1n) is 6.02. The van der Waals surface area contributed by atoms with Crippen LogP contribution in [0.15, 0.2) is 18.2 Å². The maximum atomic E-state index is 13.2. The lowest BCUT2D eigenvalue weighted by Gasteiger charge is -2.18.